The molecule has 1 aromatic carbocycles. The molecular weight excluding hydrogens is 369 g/mol. The van der Waals surface area contributed by atoms with Crippen molar-refractivity contribution in [3.8, 4) is 11.3 Å². The van der Waals surface area contributed by atoms with Crippen LogP contribution in [0.1, 0.15) is 17.5 Å². The van der Waals surface area contributed by atoms with Crippen molar-refractivity contribution >= 4 is 29.1 Å². The Hall–Kier alpha value is -2.43. The first-order chi connectivity index (χ1) is 12.6. The maximum Gasteiger partial charge on any atom is 0.220 e. The van der Waals surface area contributed by atoms with Crippen molar-refractivity contribution in [1.82, 2.24) is 15.3 Å². The second kappa shape index (κ2) is 8.79. The summed E-state index contributed by atoms with van der Waals surface area (Å²) in [6.07, 6.45) is 6.02. The molecule has 0 saturated carbocycles. The van der Waals surface area contributed by atoms with Crippen molar-refractivity contribution < 1.29 is 4.79 Å². The molecule has 6 heteroatoms. The highest BCUT2D eigenvalue weighted by Gasteiger charge is 2.09. The van der Waals surface area contributed by atoms with Crippen LogP contribution in [-0.4, -0.2) is 15.9 Å². The number of hydrogen-bond donors (Lipinski definition) is 1. The van der Waals surface area contributed by atoms with Crippen LogP contribution >= 0.6 is 23.2 Å². The number of hydrogen-bond acceptors (Lipinski definition) is 3. The summed E-state index contributed by atoms with van der Waals surface area (Å²) in [5, 5.41) is 4.09. The third-order valence-electron chi connectivity index (χ3n) is 3.95. The van der Waals surface area contributed by atoms with Crippen LogP contribution in [0.3, 0.4) is 0 Å². The van der Waals surface area contributed by atoms with Gasteiger partial charge >= 0.3 is 0 Å². The molecule has 1 N–H and O–H groups in total. The molecule has 132 valence electrons. The topological polar surface area (TPSA) is 54.9 Å². The largest absolute Gasteiger partial charge is 0.352 e. The number of carbonyl (C=O) groups excluding carboxylic acids is 1. The second-order valence-electron chi connectivity index (χ2n) is 5.76. The van der Waals surface area contributed by atoms with Gasteiger partial charge in [0.25, 0.3) is 0 Å². The van der Waals surface area contributed by atoms with E-state index in [2.05, 4.69) is 15.3 Å². The zero-order valence-corrected chi connectivity index (χ0v) is 15.5. The Morgan fingerprint density at radius 3 is 2.46 bits per heavy atom. The summed E-state index contributed by atoms with van der Waals surface area (Å²) in [4.78, 5) is 20.5. The first kappa shape index (κ1) is 18.4. The van der Waals surface area contributed by atoms with Gasteiger partial charge < -0.3 is 5.32 Å². The zero-order chi connectivity index (χ0) is 18.4. The van der Waals surface area contributed by atoms with E-state index >= 15 is 0 Å². The van der Waals surface area contributed by atoms with Gasteiger partial charge in [-0.15, -0.1) is 0 Å². The van der Waals surface area contributed by atoms with E-state index in [0.717, 1.165) is 22.4 Å². The zero-order valence-electron chi connectivity index (χ0n) is 14.0. The smallest absolute Gasteiger partial charge is 0.220 e. The molecule has 1 amide bonds. The van der Waals surface area contributed by atoms with E-state index in [1.165, 1.54) is 0 Å². The van der Waals surface area contributed by atoms with Crippen molar-refractivity contribution in [2.75, 3.05) is 0 Å². The first-order valence-electron chi connectivity index (χ1n) is 8.18. The van der Waals surface area contributed by atoms with E-state index in [-0.39, 0.29) is 5.91 Å². The molecule has 2 heterocycles. The van der Waals surface area contributed by atoms with Gasteiger partial charge in [-0.3, -0.25) is 14.8 Å². The summed E-state index contributed by atoms with van der Waals surface area (Å²) in [7, 11) is 0. The summed E-state index contributed by atoms with van der Waals surface area (Å²) in [6, 6.07) is 13.0. The molecule has 0 saturated heterocycles. The lowest BCUT2D eigenvalue weighted by Gasteiger charge is -2.09. The summed E-state index contributed by atoms with van der Waals surface area (Å²) in [5.74, 6) is -0.0525. The number of amides is 1. The van der Waals surface area contributed by atoms with Gasteiger partial charge in [0.2, 0.25) is 5.91 Å². The molecule has 3 aromatic rings. The molecule has 0 spiro atoms. The number of halogens is 2. The van der Waals surface area contributed by atoms with Crippen molar-refractivity contribution in [3.63, 3.8) is 0 Å². The third-order valence-corrected chi connectivity index (χ3v) is 4.66. The van der Waals surface area contributed by atoms with Crippen LogP contribution in [0.15, 0.2) is 61.1 Å². The van der Waals surface area contributed by atoms with Crippen LogP contribution in [0.2, 0.25) is 10.0 Å². The van der Waals surface area contributed by atoms with E-state index in [1.54, 1.807) is 36.8 Å². The molecule has 26 heavy (non-hydrogen) atoms. The average Bonchev–Trinajstić information content (AvgIpc) is 2.67. The Morgan fingerprint density at radius 2 is 1.73 bits per heavy atom. The van der Waals surface area contributed by atoms with E-state index in [4.69, 9.17) is 23.2 Å². The summed E-state index contributed by atoms with van der Waals surface area (Å²) >= 11 is 12.3. The van der Waals surface area contributed by atoms with Crippen molar-refractivity contribution in [3.05, 3.63) is 82.2 Å². The number of benzene rings is 1. The van der Waals surface area contributed by atoms with Crippen molar-refractivity contribution in [2.24, 2.45) is 0 Å². The third kappa shape index (κ3) is 4.81. The van der Waals surface area contributed by atoms with Crippen LogP contribution in [0.4, 0.5) is 0 Å². The van der Waals surface area contributed by atoms with Gasteiger partial charge in [0, 0.05) is 47.2 Å². The molecule has 0 unspecified atom stereocenters. The van der Waals surface area contributed by atoms with Crippen LogP contribution in [0.5, 0.6) is 0 Å². The fourth-order valence-corrected chi connectivity index (χ4v) is 3.15. The standard InChI is InChI=1S/C20H17Cl2N3O/c21-17-2-1-3-18(22)16(17)4-5-20(26)25-13-14-6-11-24-19(12-14)15-7-9-23-10-8-15/h1-3,6-12H,4-5,13H2,(H,25,26). The van der Waals surface area contributed by atoms with Crippen molar-refractivity contribution in [1.29, 1.82) is 0 Å². The number of nitrogens with one attached hydrogen (secondary N) is 1. The molecule has 0 aliphatic heterocycles. The molecule has 0 radical (unpaired) electrons. The van der Waals surface area contributed by atoms with E-state index in [9.17, 15) is 4.79 Å². The van der Waals surface area contributed by atoms with Gasteiger partial charge in [0.05, 0.1) is 5.69 Å². The van der Waals surface area contributed by atoms with Gasteiger partial charge in [-0.2, -0.15) is 0 Å². The Balaban J connectivity index is 1.57. The molecule has 0 atom stereocenters. The number of aromatic nitrogens is 2. The minimum atomic E-state index is -0.0525. The normalized spacial score (nSPS) is 10.5. The molecule has 3 rings (SSSR count). The van der Waals surface area contributed by atoms with Gasteiger partial charge in [0.1, 0.15) is 0 Å². The van der Waals surface area contributed by atoms with E-state index in [1.807, 2.05) is 24.3 Å². The number of pyridine rings is 2. The quantitative estimate of drug-likeness (QED) is 0.668. The minimum absolute atomic E-state index is 0.0525. The summed E-state index contributed by atoms with van der Waals surface area (Å²) in [5.41, 5.74) is 3.62. The molecule has 0 aliphatic carbocycles. The highest BCUT2D eigenvalue weighted by molar-refractivity contribution is 6.36. The summed E-state index contributed by atoms with van der Waals surface area (Å²) < 4.78 is 0. The van der Waals surface area contributed by atoms with Crippen LogP contribution < -0.4 is 5.32 Å². The molecule has 4 nitrogen and oxygen atoms in total. The number of carbonyl (C=O) groups is 1. The lowest BCUT2D eigenvalue weighted by Crippen LogP contribution is -2.23. The van der Waals surface area contributed by atoms with Gasteiger partial charge in [-0.25, -0.2) is 0 Å². The predicted molar refractivity (Wildman–Crippen MR) is 104 cm³/mol. The maximum absolute atomic E-state index is 12.1. The molecule has 0 aliphatic rings. The predicted octanol–water partition coefficient (Wildman–Crippen LogP) is 4.70. The Labute approximate surface area is 162 Å². The van der Waals surface area contributed by atoms with E-state index < -0.39 is 0 Å². The maximum atomic E-state index is 12.1. The molecular formula is C20H17Cl2N3O. The molecule has 0 bridgehead atoms. The van der Waals surface area contributed by atoms with Gasteiger partial charge in [0.15, 0.2) is 0 Å². The van der Waals surface area contributed by atoms with E-state index in [0.29, 0.717) is 29.4 Å². The molecule has 2 aromatic heterocycles. The Kier molecular flexibility index (Phi) is 6.21. The average molecular weight is 386 g/mol. The summed E-state index contributed by atoms with van der Waals surface area (Å²) in [6.45, 7) is 0.440. The van der Waals surface area contributed by atoms with Crippen LogP contribution in [0.25, 0.3) is 11.3 Å². The SMILES string of the molecule is O=C(CCc1c(Cl)cccc1Cl)NCc1ccnc(-c2ccncc2)c1. The number of nitrogens with zero attached hydrogens (tertiary/aromatic N) is 2. The monoisotopic (exact) mass is 385 g/mol. The fourth-order valence-electron chi connectivity index (χ4n) is 2.56. The fraction of sp³-hybridized carbons (Fsp3) is 0.150. The lowest BCUT2D eigenvalue weighted by atomic mass is 10.1. The van der Waals surface area contributed by atoms with Crippen molar-refractivity contribution in [2.45, 2.75) is 19.4 Å². The van der Waals surface area contributed by atoms with Crippen LogP contribution in [-0.2, 0) is 17.8 Å². The number of rotatable bonds is 6. The molecule has 0 fully saturated rings. The lowest BCUT2D eigenvalue weighted by molar-refractivity contribution is -0.121. The Morgan fingerprint density at radius 1 is 1.00 bits per heavy atom. The van der Waals surface area contributed by atoms with Crippen LogP contribution in [0, 0.1) is 0 Å². The van der Waals surface area contributed by atoms with Gasteiger partial charge in [-0.1, -0.05) is 29.3 Å². The highest BCUT2D eigenvalue weighted by atomic mass is 35.5. The van der Waals surface area contributed by atoms with Gasteiger partial charge in [-0.05, 0) is 53.9 Å². The Bertz CT molecular complexity index is 880. The second-order valence-corrected chi connectivity index (χ2v) is 6.58. The first-order valence-corrected chi connectivity index (χ1v) is 8.94. The highest BCUT2D eigenvalue weighted by Crippen LogP contribution is 2.25. The minimum Gasteiger partial charge on any atom is -0.352 e.